The topological polar surface area (TPSA) is 117 Å². The standard InChI is InChI=1S/C30H38ClFN4O4S/c1-2-34-24-16-23(17-25(18-24)36-12-6-7-13-41(36,39)40)30(38)35-28(15-21-8-4-3-5-9-21)29(37)20-33-19-22-10-11-27(32)26(31)14-22/h3-5,8-11,14,16-18,28-29,33-34,37,39-40H,2,6-7,12-13,15,19-20H2,1H3,(H,35,38)/t28-,29+/m0/s1. The summed E-state index contributed by atoms with van der Waals surface area (Å²) in [7, 11) is -2.97. The zero-order valence-electron chi connectivity index (χ0n) is 23.0. The first-order valence-corrected chi connectivity index (χ1v) is 15.8. The number of aliphatic hydroxyl groups is 1. The van der Waals surface area contributed by atoms with E-state index < -0.39 is 28.7 Å². The minimum atomic E-state index is -2.97. The molecule has 0 spiro atoms. The van der Waals surface area contributed by atoms with Gasteiger partial charge in [-0.3, -0.25) is 18.2 Å². The Morgan fingerprint density at radius 1 is 1.07 bits per heavy atom. The van der Waals surface area contributed by atoms with E-state index in [1.165, 1.54) is 12.1 Å². The zero-order valence-corrected chi connectivity index (χ0v) is 24.6. The Balaban J connectivity index is 1.52. The van der Waals surface area contributed by atoms with Crippen LogP contribution >= 0.6 is 22.4 Å². The normalized spacial score (nSPS) is 17.0. The van der Waals surface area contributed by atoms with Gasteiger partial charge in [-0.15, -0.1) is 10.8 Å². The van der Waals surface area contributed by atoms with Crippen LogP contribution in [0.3, 0.4) is 0 Å². The van der Waals surface area contributed by atoms with Gasteiger partial charge in [-0.25, -0.2) is 4.39 Å². The average molecular weight is 605 g/mol. The van der Waals surface area contributed by atoms with Crippen LogP contribution in [0.1, 0.15) is 41.3 Å². The number of carbonyl (C=O) groups is 1. The van der Waals surface area contributed by atoms with E-state index in [1.807, 2.05) is 43.3 Å². The molecule has 1 fully saturated rings. The quantitative estimate of drug-likeness (QED) is 0.158. The maximum atomic E-state index is 13.6. The van der Waals surface area contributed by atoms with Crippen molar-refractivity contribution in [3.63, 3.8) is 0 Å². The van der Waals surface area contributed by atoms with Gasteiger partial charge < -0.3 is 21.1 Å². The lowest BCUT2D eigenvalue weighted by molar-refractivity contribution is 0.0830. The smallest absolute Gasteiger partial charge is 0.251 e. The van der Waals surface area contributed by atoms with Crippen LogP contribution in [0.25, 0.3) is 0 Å². The van der Waals surface area contributed by atoms with Crippen molar-refractivity contribution >= 4 is 39.7 Å². The molecule has 8 nitrogen and oxygen atoms in total. The van der Waals surface area contributed by atoms with Crippen molar-refractivity contribution < 1.29 is 23.4 Å². The van der Waals surface area contributed by atoms with Gasteiger partial charge in [0.2, 0.25) is 0 Å². The number of amides is 1. The van der Waals surface area contributed by atoms with Gasteiger partial charge in [0.05, 0.1) is 28.6 Å². The fraction of sp³-hybridized carbons (Fsp3) is 0.367. The number of rotatable bonds is 12. The van der Waals surface area contributed by atoms with Crippen LogP contribution in [0.4, 0.5) is 15.8 Å². The number of anilines is 2. The molecule has 41 heavy (non-hydrogen) atoms. The summed E-state index contributed by atoms with van der Waals surface area (Å²) in [5, 5.41) is 20.6. The first-order valence-electron chi connectivity index (χ1n) is 13.8. The lowest BCUT2D eigenvalue weighted by Crippen LogP contribution is -2.48. The van der Waals surface area contributed by atoms with Gasteiger partial charge in [-0.2, -0.15) is 0 Å². The summed E-state index contributed by atoms with van der Waals surface area (Å²) in [6.45, 7) is 3.59. The highest BCUT2D eigenvalue weighted by atomic mass is 35.5. The van der Waals surface area contributed by atoms with Gasteiger partial charge in [-0.1, -0.05) is 48.0 Å². The largest absolute Gasteiger partial charge is 0.390 e. The molecule has 0 bridgehead atoms. The number of nitrogens with zero attached hydrogens (tertiary/aromatic N) is 1. The van der Waals surface area contributed by atoms with Crippen LogP contribution in [0.5, 0.6) is 0 Å². The molecule has 4 rings (SSSR count). The first-order chi connectivity index (χ1) is 19.7. The van der Waals surface area contributed by atoms with E-state index >= 15 is 0 Å². The highest BCUT2D eigenvalue weighted by Crippen LogP contribution is 2.50. The summed E-state index contributed by atoms with van der Waals surface area (Å²) in [5.41, 5.74) is 3.32. The second-order valence-electron chi connectivity index (χ2n) is 10.2. The Labute approximate surface area is 247 Å². The third-order valence-electron chi connectivity index (χ3n) is 6.98. The van der Waals surface area contributed by atoms with Crippen molar-refractivity contribution in [2.45, 2.75) is 44.9 Å². The number of aliphatic hydroxyl groups excluding tert-OH is 1. The van der Waals surface area contributed by atoms with E-state index in [0.29, 0.717) is 48.7 Å². The van der Waals surface area contributed by atoms with Gasteiger partial charge in [0.15, 0.2) is 0 Å². The molecule has 2 atom stereocenters. The van der Waals surface area contributed by atoms with Crippen molar-refractivity contribution in [2.75, 3.05) is 35.0 Å². The second-order valence-corrected chi connectivity index (χ2v) is 12.7. The molecule has 0 aliphatic carbocycles. The van der Waals surface area contributed by atoms with Crippen molar-refractivity contribution in [3.05, 3.63) is 94.3 Å². The molecule has 222 valence electrons. The predicted octanol–water partition coefficient (Wildman–Crippen LogP) is 5.67. The lowest BCUT2D eigenvalue weighted by Gasteiger charge is -2.47. The van der Waals surface area contributed by atoms with Gasteiger partial charge in [0.25, 0.3) is 5.91 Å². The van der Waals surface area contributed by atoms with Crippen LogP contribution in [0.2, 0.25) is 5.02 Å². The molecule has 1 heterocycles. The lowest BCUT2D eigenvalue weighted by atomic mass is 10.00. The molecular weight excluding hydrogens is 567 g/mol. The molecule has 1 saturated heterocycles. The second kappa shape index (κ2) is 14.4. The Morgan fingerprint density at radius 2 is 1.85 bits per heavy atom. The molecule has 1 amide bonds. The van der Waals surface area contributed by atoms with Crippen molar-refractivity contribution in [1.29, 1.82) is 0 Å². The fourth-order valence-electron chi connectivity index (χ4n) is 4.86. The van der Waals surface area contributed by atoms with E-state index in [2.05, 4.69) is 16.0 Å². The zero-order chi connectivity index (χ0) is 29.4. The number of nitrogens with one attached hydrogen (secondary N) is 3. The van der Waals surface area contributed by atoms with Crippen LogP contribution in [-0.4, -0.2) is 57.7 Å². The van der Waals surface area contributed by atoms with Gasteiger partial charge in [-0.05, 0) is 67.6 Å². The van der Waals surface area contributed by atoms with Gasteiger partial charge in [0.1, 0.15) is 5.82 Å². The van der Waals surface area contributed by atoms with Crippen LogP contribution < -0.4 is 20.3 Å². The maximum Gasteiger partial charge on any atom is 0.251 e. The summed E-state index contributed by atoms with van der Waals surface area (Å²) in [6.07, 6.45) is 1.01. The molecule has 0 unspecified atom stereocenters. The number of benzene rings is 3. The van der Waals surface area contributed by atoms with Gasteiger partial charge >= 0.3 is 0 Å². The molecular formula is C30H38ClFN4O4S. The number of hydrogen-bond acceptors (Lipinski definition) is 7. The van der Waals surface area contributed by atoms with E-state index in [0.717, 1.165) is 24.0 Å². The minimum absolute atomic E-state index is 0.0315. The van der Waals surface area contributed by atoms with Crippen LogP contribution in [0.15, 0.2) is 66.7 Å². The summed E-state index contributed by atoms with van der Waals surface area (Å²) >= 11 is 5.89. The molecule has 0 aromatic heterocycles. The molecule has 1 aliphatic rings. The van der Waals surface area contributed by atoms with Crippen LogP contribution in [-0.2, 0) is 13.0 Å². The highest BCUT2D eigenvalue weighted by molar-refractivity contribution is 8.25. The highest BCUT2D eigenvalue weighted by Gasteiger charge is 2.28. The third kappa shape index (κ3) is 8.57. The summed E-state index contributed by atoms with van der Waals surface area (Å²) < 4.78 is 36.5. The van der Waals surface area contributed by atoms with Crippen molar-refractivity contribution in [3.8, 4) is 0 Å². The Morgan fingerprint density at radius 3 is 2.56 bits per heavy atom. The molecule has 11 heteroatoms. The summed E-state index contributed by atoms with van der Waals surface area (Å²) in [5.74, 6) is -0.583. The number of halogens is 2. The monoisotopic (exact) mass is 604 g/mol. The van der Waals surface area contributed by atoms with Crippen molar-refractivity contribution in [2.24, 2.45) is 0 Å². The fourth-order valence-corrected chi connectivity index (χ4v) is 6.74. The number of hydrogen-bond donors (Lipinski definition) is 6. The van der Waals surface area contributed by atoms with Crippen molar-refractivity contribution in [1.82, 2.24) is 10.6 Å². The first kappa shape index (κ1) is 31.1. The van der Waals surface area contributed by atoms with Gasteiger partial charge in [0, 0.05) is 37.4 Å². The van der Waals surface area contributed by atoms with E-state index in [1.54, 1.807) is 22.5 Å². The molecule has 0 radical (unpaired) electrons. The van der Waals surface area contributed by atoms with E-state index in [-0.39, 0.29) is 17.5 Å². The summed E-state index contributed by atoms with van der Waals surface area (Å²) in [4.78, 5) is 13.6. The Kier molecular flexibility index (Phi) is 10.9. The molecule has 1 aliphatic heterocycles. The molecule has 0 saturated carbocycles. The minimum Gasteiger partial charge on any atom is -0.390 e. The predicted molar refractivity (Wildman–Crippen MR) is 165 cm³/mol. The molecule has 3 aromatic carbocycles. The maximum absolute atomic E-state index is 13.6. The molecule has 3 aromatic rings. The Hall–Kier alpha value is -2.86. The third-order valence-corrected chi connectivity index (χ3v) is 9.20. The number of carbonyl (C=O) groups excluding carboxylic acids is 1. The van der Waals surface area contributed by atoms with E-state index in [4.69, 9.17) is 11.6 Å². The van der Waals surface area contributed by atoms with E-state index in [9.17, 15) is 23.4 Å². The SMILES string of the molecule is CCNc1cc(C(=O)N[C@@H](Cc2ccccc2)[C@H](O)CNCc2ccc(F)c(Cl)c2)cc(N2CCCCS2(O)O)c1. The molecule has 6 N–H and O–H groups in total. The average Bonchev–Trinajstić information content (AvgIpc) is 2.95. The Bertz CT molecular complexity index is 1320. The summed E-state index contributed by atoms with van der Waals surface area (Å²) in [6, 6.07) is 18.6. The van der Waals surface area contributed by atoms with Crippen LogP contribution in [0, 0.1) is 5.82 Å².